The number of para-hydroxylation sites is 1. The lowest BCUT2D eigenvalue weighted by molar-refractivity contribution is 0.0977. The molecule has 0 atom stereocenters. The van der Waals surface area contributed by atoms with Crippen molar-refractivity contribution in [3.63, 3.8) is 0 Å². The number of nitrogens with two attached hydrogens (primary N) is 1. The first kappa shape index (κ1) is 15.1. The van der Waals surface area contributed by atoms with Crippen LogP contribution in [0.25, 0.3) is 11.0 Å². The number of anilines is 1. The Balaban J connectivity index is 2.18. The van der Waals surface area contributed by atoms with Crippen LogP contribution in [0.2, 0.25) is 0 Å². The Morgan fingerprint density at radius 1 is 1.26 bits per heavy atom. The van der Waals surface area contributed by atoms with Crippen LogP contribution in [0.1, 0.15) is 22.0 Å². The lowest BCUT2D eigenvalue weighted by atomic mass is 10.2. The lowest BCUT2D eigenvalue weighted by Crippen LogP contribution is -2.18. The van der Waals surface area contributed by atoms with Crippen molar-refractivity contribution < 1.29 is 22.2 Å². The molecule has 1 amide bonds. The number of sulfonamides is 1. The Hall–Kier alpha value is -2.81. The Morgan fingerprint density at radius 2 is 1.96 bits per heavy atom. The van der Waals surface area contributed by atoms with E-state index in [4.69, 9.17) is 14.7 Å². The molecule has 0 radical (unpaired) electrons. The van der Waals surface area contributed by atoms with Gasteiger partial charge in [0.25, 0.3) is 15.9 Å². The van der Waals surface area contributed by atoms with Crippen molar-refractivity contribution in [1.82, 2.24) is 5.16 Å². The van der Waals surface area contributed by atoms with E-state index >= 15 is 0 Å². The summed E-state index contributed by atoms with van der Waals surface area (Å²) in [5, 5.41) is 4.05. The van der Waals surface area contributed by atoms with Gasteiger partial charge in [-0.1, -0.05) is 17.3 Å². The van der Waals surface area contributed by atoms with Gasteiger partial charge in [-0.25, -0.2) is 8.42 Å². The number of aryl methyl sites for hydroxylation is 2. The molecule has 1 aromatic carbocycles. The summed E-state index contributed by atoms with van der Waals surface area (Å²) in [7, 11) is -4.02. The summed E-state index contributed by atoms with van der Waals surface area (Å²) < 4.78 is 37.8. The molecule has 2 heterocycles. The number of amides is 1. The largest absolute Gasteiger partial charge is 0.449 e. The van der Waals surface area contributed by atoms with Crippen LogP contribution in [0.4, 0.5) is 5.69 Å². The second-order valence-corrected chi connectivity index (χ2v) is 6.54. The van der Waals surface area contributed by atoms with Crippen LogP contribution in [0.3, 0.4) is 0 Å². The molecule has 2 aromatic heterocycles. The number of aromatic nitrogens is 1. The minimum Gasteiger partial charge on any atom is -0.449 e. The Morgan fingerprint density at radius 3 is 2.57 bits per heavy atom. The molecule has 0 bridgehead atoms. The molecule has 0 aliphatic heterocycles. The summed E-state index contributed by atoms with van der Waals surface area (Å²) in [6.45, 7) is 2.99. The van der Waals surface area contributed by atoms with Crippen molar-refractivity contribution >= 4 is 32.6 Å². The third-order valence-corrected chi connectivity index (χ3v) is 4.89. The third kappa shape index (κ3) is 2.44. The highest BCUT2D eigenvalue weighted by molar-refractivity contribution is 7.92. The molecule has 0 saturated heterocycles. The van der Waals surface area contributed by atoms with Gasteiger partial charge in [-0.15, -0.1) is 0 Å². The van der Waals surface area contributed by atoms with Crippen molar-refractivity contribution in [2.24, 2.45) is 5.73 Å². The van der Waals surface area contributed by atoms with Gasteiger partial charge in [0, 0.05) is 5.39 Å². The number of furan rings is 1. The molecule has 23 heavy (non-hydrogen) atoms. The van der Waals surface area contributed by atoms with E-state index in [0.29, 0.717) is 11.0 Å². The minimum atomic E-state index is -4.02. The molecule has 120 valence electrons. The first-order chi connectivity index (χ1) is 10.8. The number of carbonyl (C=O) groups is 1. The minimum absolute atomic E-state index is 0.00639. The zero-order chi connectivity index (χ0) is 16.8. The summed E-state index contributed by atoms with van der Waals surface area (Å²) in [6, 6.07) is 6.62. The zero-order valence-electron chi connectivity index (χ0n) is 12.3. The van der Waals surface area contributed by atoms with E-state index in [1.807, 2.05) is 0 Å². The molecule has 0 spiro atoms. The quantitative estimate of drug-likeness (QED) is 0.749. The van der Waals surface area contributed by atoms with Gasteiger partial charge in [-0.3, -0.25) is 9.52 Å². The molecule has 3 rings (SSSR count). The van der Waals surface area contributed by atoms with Gasteiger partial charge in [0.05, 0.1) is 0 Å². The summed E-state index contributed by atoms with van der Waals surface area (Å²) >= 11 is 0. The maximum atomic E-state index is 12.6. The maximum Gasteiger partial charge on any atom is 0.286 e. The van der Waals surface area contributed by atoms with Crippen molar-refractivity contribution in [3.8, 4) is 0 Å². The smallest absolute Gasteiger partial charge is 0.286 e. The number of fused-ring (bicyclic) bond motifs is 1. The average molecular weight is 335 g/mol. The number of primary amides is 1. The molecule has 0 aliphatic rings. The van der Waals surface area contributed by atoms with Gasteiger partial charge in [-0.05, 0) is 26.0 Å². The van der Waals surface area contributed by atoms with E-state index in [9.17, 15) is 13.2 Å². The number of carbonyl (C=O) groups excluding carboxylic acids is 1. The summed E-state index contributed by atoms with van der Waals surface area (Å²) in [4.78, 5) is 11.5. The second-order valence-electron chi connectivity index (χ2n) is 4.93. The number of rotatable bonds is 4. The second kappa shape index (κ2) is 5.13. The van der Waals surface area contributed by atoms with Crippen LogP contribution in [0.5, 0.6) is 0 Å². The van der Waals surface area contributed by atoms with Crippen LogP contribution in [0.15, 0.2) is 38.1 Å². The first-order valence-electron chi connectivity index (χ1n) is 6.58. The van der Waals surface area contributed by atoms with Gasteiger partial charge in [0.2, 0.25) is 5.76 Å². The highest BCUT2D eigenvalue weighted by atomic mass is 32.2. The number of nitrogens with one attached hydrogen (secondary N) is 1. The van der Waals surface area contributed by atoms with Crippen LogP contribution in [-0.2, 0) is 10.0 Å². The van der Waals surface area contributed by atoms with Crippen LogP contribution >= 0.6 is 0 Å². The van der Waals surface area contributed by atoms with E-state index in [1.165, 1.54) is 13.8 Å². The van der Waals surface area contributed by atoms with E-state index in [1.54, 1.807) is 24.3 Å². The van der Waals surface area contributed by atoms with Gasteiger partial charge in [0.1, 0.15) is 17.0 Å². The third-order valence-electron chi connectivity index (χ3n) is 3.29. The Labute approximate surface area is 131 Å². The summed E-state index contributed by atoms with van der Waals surface area (Å²) in [5.41, 5.74) is 5.83. The average Bonchev–Trinajstić information content (AvgIpc) is 3.00. The monoisotopic (exact) mass is 335 g/mol. The van der Waals surface area contributed by atoms with Crippen molar-refractivity contribution in [3.05, 3.63) is 41.5 Å². The standard InChI is InChI=1S/C14H13N3O5S/c1-7-13(8(2)22-16-7)23(19,20)17-11-9-5-3-4-6-10(9)21-12(11)14(15)18/h3-6,17H,1-2H3,(H2,15,18). The normalized spacial score (nSPS) is 11.7. The lowest BCUT2D eigenvalue weighted by Gasteiger charge is -2.07. The van der Waals surface area contributed by atoms with Gasteiger partial charge >= 0.3 is 0 Å². The molecule has 3 N–H and O–H groups in total. The topological polar surface area (TPSA) is 128 Å². The Bertz CT molecular complexity index is 997. The fraction of sp³-hybridized carbons (Fsp3) is 0.143. The van der Waals surface area contributed by atoms with Crippen molar-refractivity contribution in [1.29, 1.82) is 0 Å². The molecule has 0 saturated carbocycles. The Kier molecular flexibility index (Phi) is 3.37. The van der Waals surface area contributed by atoms with Crippen molar-refractivity contribution in [2.45, 2.75) is 18.7 Å². The molecule has 8 nitrogen and oxygen atoms in total. The molecule has 0 aliphatic carbocycles. The highest BCUT2D eigenvalue weighted by Gasteiger charge is 2.28. The molecule has 9 heteroatoms. The molecule has 0 unspecified atom stereocenters. The van der Waals surface area contributed by atoms with E-state index in [0.717, 1.165) is 0 Å². The van der Waals surface area contributed by atoms with E-state index in [2.05, 4.69) is 9.88 Å². The fourth-order valence-corrected chi connectivity index (χ4v) is 3.78. The molecular formula is C14H13N3O5S. The van der Waals surface area contributed by atoms with E-state index in [-0.39, 0.29) is 27.8 Å². The number of benzene rings is 1. The van der Waals surface area contributed by atoms with Gasteiger partial charge in [-0.2, -0.15) is 0 Å². The number of nitrogens with zero attached hydrogens (tertiary/aromatic N) is 1. The maximum absolute atomic E-state index is 12.6. The number of hydrogen-bond donors (Lipinski definition) is 2. The van der Waals surface area contributed by atoms with E-state index < -0.39 is 15.9 Å². The van der Waals surface area contributed by atoms with Crippen LogP contribution in [0, 0.1) is 13.8 Å². The zero-order valence-corrected chi connectivity index (χ0v) is 13.1. The summed E-state index contributed by atoms with van der Waals surface area (Å²) in [6.07, 6.45) is 0. The molecule has 0 fully saturated rings. The summed E-state index contributed by atoms with van der Waals surface area (Å²) in [5.74, 6) is -0.998. The fourth-order valence-electron chi connectivity index (χ4n) is 2.36. The van der Waals surface area contributed by atoms with Crippen LogP contribution in [-0.4, -0.2) is 19.5 Å². The predicted octanol–water partition coefficient (Wildman–Crippen LogP) is 1.94. The molecule has 3 aromatic rings. The van der Waals surface area contributed by atoms with Crippen LogP contribution < -0.4 is 10.5 Å². The van der Waals surface area contributed by atoms with Crippen molar-refractivity contribution in [2.75, 3.05) is 4.72 Å². The predicted molar refractivity (Wildman–Crippen MR) is 81.5 cm³/mol. The first-order valence-corrected chi connectivity index (χ1v) is 8.06. The van der Waals surface area contributed by atoms with Gasteiger partial charge < -0.3 is 14.7 Å². The van der Waals surface area contributed by atoms with Gasteiger partial charge in [0.15, 0.2) is 10.7 Å². The molecular weight excluding hydrogens is 322 g/mol. The SMILES string of the molecule is Cc1noc(C)c1S(=O)(=O)Nc1c(C(N)=O)oc2ccccc12. The highest BCUT2D eigenvalue weighted by Crippen LogP contribution is 2.33. The number of hydrogen-bond acceptors (Lipinski definition) is 6.